The number of carbonyl (C=O) groups is 3. The molecule has 11 heteroatoms. The van der Waals surface area contributed by atoms with Gasteiger partial charge in [-0.3, -0.25) is 14.4 Å². The molecule has 0 radical (unpaired) electrons. The zero-order chi connectivity index (χ0) is 30.1. The molecule has 2 rings (SSSR count). The van der Waals surface area contributed by atoms with Gasteiger partial charge in [0.15, 0.2) is 0 Å². The van der Waals surface area contributed by atoms with Gasteiger partial charge in [0.2, 0.25) is 24.1 Å². The zero-order valence-corrected chi connectivity index (χ0v) is 29.0. The first kappa shape index (κ1) is 40.0. The number of likely N-dealkylation sites (N-methyl/N-ethyl adjacent to an activating group) is 2. The molecule has 42 heavy (non-hydrogen) atoms. The van der Waals surface area contributed by atoms with Gasteiger partial charge in [0.25, 0.3) is 0 Å². The van der Waals surface area contributed by atoms with Crippen molar-refractivity contribution in [2.24, 2.45) is 5.92 Å². The van der Waals surface area contributed by atoms with Gasteiger partial charge in [-0.1, -0.05) is 37.6 Å². The average Bonchev–Trinajstić information content (AvgIpc) is 3.74. The molecular formula is C31H48ClFmN5O4-2. The third-order valence-corrected chi connectivity index (χ3v) is 6.69. The molecule has 0 saturated heterocycles. The van der Waals surface area contributed by atoms with Gasteiger partial charge in [-0.25, -0.2) is 4.98 Å². The van der Waals surface area contributed by atoms with E-state index in [2.05, 4.69) is 36.3 Å². The molecule has 0 aromatic carbocycles. The van der Waals surface area contributed by atoms with Crippen molar-refractivity contribution < 1.29 is 19.1 Å². The summed E-state index contributed by atoms with van der Waals surface area (Å²) in [5, 5.41) is 9.76. The van der Waals surface area contributed by atoms with E-state index in [1.807, 2.05) is 6.92 Å². The van der Waals surface area contributed by atoms with E-state index in [4.69, 9.17) is 28.2 Å². The van der Waals surface area contributed by atoms with Crippen LogP contribution in [0.3, 0.4) is 0 Å². The van der Waals surface area contributed by atoms with Gasteiger partial charge in [-0.15, -0.1) is 0 Å². The fourth-order valence-corrected chi connectivity index (χ4v) is 4.47. The van der Waals surface area contributed by atoms with Crippen LogP contribution in [0.4, 0.5) is 0 Å². The molecule has 0 aliphatic heterocycles. The first-order valence-corrected chi connectivity index (χ1v) is 14.4. The maximum absolute atomic E-state index is 13.3. The van der Waals surface area contributed by atoms with E-state index in [1.165, 1.54) is 11.1 Å². The molecule has 1 aromatic heterocycles. The fraction of sp³-hybridized carbons (Fsp3) is 0.613. The van der Waals surface area contributed by atoms with Gasteiger partial charge in [-0.05, 0) is 63.9 Å². The average molecular weight is 847 g/mol. The van der Waals surface area contributed by atoms with Gasteiger partial charge in [-0.2, -0.15) is 0 Å². The van der Waals surface area contributed by atoms with E-state index >= 15 is 0 Å². The second-order valence-corrected chi connectivity index (χ2v) is 11.2. The van der Waals surface area contributed by atoms with Gasteiger partial charge in [0, 0.05) is 51.3 Å². The minimum atomic E-state index is -0.673. The van der Waals surface area contributed by atoms with Crippen molar-refractivity contribution in [3.8, 4) is 5.88 Å². The van der Waals surface area contributed by atoms with Crippen LogP contribution in [0, 0.1) is 25.2 Å². The number of hydrogen-bond donors (Lipinski definition) is 1. The van der Waals surface area contributed by atoms with Gasteiger partial charge in [0.1, 0.15) is 12.1 Å². The molecule has 1 N–H and O–H groups in total. The Labute approximate surface area is 252 Å². The number of ether oxygens (including phenoxy) is 1. The number of allylic oxidation sites excluding steroid dienone is 2. The number of rotatable bonds is 18. The van der Waals surface area contributed by atoms with E-state index in [0.29, 0.717) is 36.2 Å². The van der Waals surface area contributed by atoms with E-state index < -0.39 is 6.04 Å². The quantitative estimate of drug-likeness (QED) is 0.0925. The van der Waals surface area contributed by atoms with Crippen LogP contribution < -0.4 is 10.1 Å². The summed E-state index contributed by atoms with van der Waals surface area (Å²) in [4.78, 5) is 44.2. The number of pyridine rings is 1. The molecule has 1 fully saturated rings. The zero-order valence-electron chi connectivity index (χ0n) is 25.9. The molecule has 1 heterocycles. The summed E-state index contributed by atoms with van der Waals surface area (Å²) in [5.41, 5.74) is 0.720. The Bertz CT molecular complexity index is 987. The molecule has 1 aromatic rings. The number of unbranched alkanes of at least 4 members (excludes halogenated alkanes) is 2. The van der Waals surface area contributed by atoms with Crippen LogP contribution in [0.25, 0.3) is 0 Å². The van der Waals surface area contributed by atoms with E-state index in [-0.39, 0.29) is 37.8 Å². The summed E-state index contributed by atoms with van der Waals surface area (Å²) in [6.45, 7) is 11.7. The fourth-order valence-electron chi connectivity index (χ4n) is 4.29. The van der Waals surface area contributed by atoms with Gasteiger partial charge >= 0.3 is 0 Å². The maximum atomic E-state index is 13.3. The monoisotopic (exact) mass is 846 g/mol. The Kier molecular flexibility index (Phi) is 20.6. The molecule has 1 aliphatic rings. The minimum Gasteiger partial charge on any atom is -0.512 e. The first-order valence-electron chi connectivity index (χ1n) is 14.0. The number of hydrogen-bond acceptors (Lipinski definition) is 6. The van der Waals surface area contributed by atoms with Crippen molar-refractivity contribution in [1.29, 1.82) is 5.26 Å². The number of nitrogens with zero attached hydrogens (tertiary/aromatic N) is 4. The molecule has 3 amide bonds. The van der Waals surface area contributed by atoms with Gasteiger partial charge < -0.3 is 39.1 Å². The molecule has 1 aliphatic carbocycles. The Morgan fingerprint density at radius 2 is 1.83 bits per heavy atom. The first-order chi connectivity index (χ1) is 19.1. The smallest absolute Gasteiger partial charge is 0.245 e. The number of carbonyl (C=O) groups excluding carboxylic acids is 3. The Balaban J connectivity index is 0. The summed E-state index contributed by atoms with van der Waals surface area (Å²) >= 11 is 6.17. The summed E-state index contributed by atoms with van der Waals surface area (Å²) in [7, 11) is 3.37. The number of amides is 3. The van der Waals surface area contributed by atoms with E-state index in [0.717, 1.165) is 50.5 Å². The maximum Gasteiger partial charge on any atom is 0.245 e. The predicted octanol–water partition coefficient (Wildman–Crippen LogP) is 5.34. The SMILES string of the molecule is CC(C)CC(C)NC(=O)CC/C=C\CCCCN(C)C(=O)C(Cc1cc(Cl)cnc1OC1CC1)N(C)C=O.[C-]#N.[CH3-].[Fm]. The normalized spacial score (nSPS) is 13.5. The summed E-state index contributed by atoms with van der Waals surface area (Å²) in [6.07, 6.45) is 13.6. The van der Waals surface area contributed by atoms with Crippen LogP contribution in [0.2, 0.25) is 5.02 Å². The Hall–Kier alpha value is -4.12. The number of halogens is 1. The van der Waals surface area contributed by atoms with Crippen LogP contribution in [-0.2, 0) is 20.8 Å². The van der Waals surface area contributed by atoms with Crippen LogP contribution in [0.15, 0.2) is 24.4 Å². The van der Waals surface area contributed by atoms with Crippen molar-refractivity contribution in [2.75, 3.05) is 20.6 Å². The van der Waals surface area contributed by atoms with Crippen LogP contribution >= 0.6 is 11.6 Å². The second-order valence-electron chi connectivity index (χ2n) is 10.8. The third kappa shape index (κ3) is 15.6. The van der Waals surface area contributed by atoms with Crippen molar-refractivity contribution in [3.63, 3.8) is 0 Å². The summed E-state index contributed by atoms with van der Waals surface area (Å²) in [5.74, 6) is 1.00. The summed E-state index contributed by atoms with van der Waals surface area (Å²) < 4.78 is 5.90. The van der Waals surface area contributed by atoms with Crippen molar-refractivity contribution in [1.82, 2.24) is 20.1 Å². The Morgan fingerprint density at radius 1 is 1.19 bits per heavy atom. The largest absolute Gasteiger partial charge is 0.512 e. The van der Waals surface area contributed by atoms with Crippen LogP contribution in [0.5, 0.6) is 5.88 Å². The summed E-state index contributed by atoms with van der Waals surface area (Å²) in [6, 6.07) is 1.29. The predicted molar refractivity (Wildman–Crippen MR) is 163 cm³/mol. The molecule has 2 unspecified atom stereocenters. The molecule has 242 valence electrons. The number of nitrogens with one attached hydrogen (secondary N) is 1. The van der Waals surface area contributed by atoms with Crippen molar-refractivity contribution in [3.05, 3.63) is 49.0 Å². The number of aromatic nitrogens is 1. The van der Waals surface area contributed by atoms with Crippen LogP contribution in [0.1, 0.15) is 77.7 Å². The third-order valence-electron chi connectivity index (χ3n) is 6.48. The van der Waals surface area contributed by atoms with E-state index in [1.54, 1.807) is 25.1 Å². The molecular weight excluding hydrogens is 799 g/mol. The molecule has 2 atom stereocenters. The molecule has 0 bridgehead atoms. The molecule has 1 saturated carbocycles. The van der Waals surface area contributed by atoms with Crippen molar-refractivity contribution >= 4 is 29.8 Å². The molecule has 0 spiro atoms. The van der Waals surface area contributed by atoms with E-state index in [9.17, 15) is 14.4 Å². The molecule has 9 nitrogen and oxygen atoms in total. The van der Waals surface area contributed by atoms with Gasteiger partial charge in [0.05, 0.1) is 5.02 Å². The van der Waals surface area contributed by atoms with Crippen molar-refractivity contribution in [2.45, 2.75) is 96.7 Å². The Morgan fingerprint density at radius 3 is 2.43 bits per heavy atom. The topological polar surface area (TPSA) is 116 Å². The standard InChI is InChI=1S/C29H45ClN4O4.CN.CH3.Fm/c1-21(2)16-22(3)32-27(36)12-10-8-6-7-9-11-15-33(4)29(37)26(34(5)20-35)18-23-17-24(30)19-31-28(23)38-25-13-14-25;1-2;;/h6,8,17,19-22,25-26H,7,9-16,18H2,1-5H3,(H,32,36);;1H3;/q;2*-1;/b8-6-;;;. The van der Waals surface area contributed by atoms with Crippen LogP contribution in [-0.4, -0.2) is 71.8 Å². The second kappa shape index (κ2) is 21.6. The minimum absolute atomic E-state index is 0.